The molecule has 1 aromatic heterocycles. The van der Waals surface area contributed by atoms with Crippen molar-refractivity contribution < 1.29 is 9.13 Å². The number of aromatic nitrogens is 3. The van der Waals surface area contributed by atoms with Gasteiger partial charge < -0.3 is 10.1 Å². The van der Waals surface area contributed by atoms with Crippen LogP contribution in [0, 0.1) is 5.82 Å². The summed E-state index contributed by atoms with van der Waals surface area (Å²) in [6.07, 6.45) is 0. The summed E-state index contributed by atoms with van der Waals surface area (Å²) in [7, 11) is 1.48. The van der Waals surface area contributed by atoms with E-state index < -0.39 is 5.82 Å². The molecule has 18 heavy (non-hydrogen) atoms. The maximum Gasteiger partial charge on any atom is 0.232 e. The van der Waals surface area contributed by atoms with E-state index in [1.807, 2.05) is 0 Å². The van der Waals surface area contributed by atoms with Gasteiger partial charge in [0.05, 0.1) is 12.8 Å². The monoisotopic (exact) mass is 288 g/mol. The molecule has 1 heterocycles. The molecule has 0 atom stereocenters. The predicted octanol–water partition coefficient (Wildman–Crippen LogP) is 3.07. The second-order valence-electron chi connectivity index (χ2n) is 3.17. The highest BCUT2D eigenvalue weighted by Gasteiger charge is 2.08. The number of hydrogen-bond acceptors (Lipinski definition) is 5. The molecule has 0 bridgehead atoms. The zero-order valence-corrected chi connectivity index (χ0v) is 10.6. The van der Waals surface area contributed by atoms with Crippen molar-refractivity contribution in [2.24, 2.45) is 0 Å². The van der Waals surface area contributed by atoms with Gasteiger partial charge in [-0.25, -0.2) is 4.39 Å². The fourth-order valence-corrected chi connectivity index (χ4v) is 1.59. The van der Waals surface area contributed by atoms with Gasteiger partial charge in [-0.05, 0) is 35.3 Å². The van der Waals surface area contributed by atoms with Crippen LogP contribution in [0.25, 0.3) is 0 Å². The lowest BCUT2D eigenvalue weighted by Crippen LogP contribution is -2.01. The molecule has 2 rings (SSSR count). The summed E-state index contributed by atoms with van der Waals surface area (Å²) in [5, 5.41) is 2.48. The molecule has 0 fully saturated rings. The van der Waals surface area contributed by atoms with Gasteiger partial charge in [-0.15, -0.1) is 0 Å². The van der Waals surface area contributed by atoms with E-state index in [1.54, 1.807) is 0 Å². The molecule has 0 unspecified atom stereocenters. The SMILES string of the molecule is COc1ccc(F)c(Nc2nc(Cl)nc(Cl)n2)c1. The second kappa shape index (κ2) is 5.32. The number of hydrogen-bond donors (Lipinski definition) is 1. The quantitative estimate of drug-likeness (QED) is 0.941. The fourth-order valence-electron chi connectivity index (χ4n) is 1.23. The first-order valence-corrected chi connectivity index (χ1v) is 5.51. The second-order valence-corrected chi connectivity index (χ2v) is 3.84. The molecule has 0 aliphatic carbocycles. The molecule has 2 aromatic rings. The summed E-state index contributed by atoms with van der Waals surface area (Å²) in [6, 6.07) is 4.21. The number of rotatable bonds is 3. The minimum absolute atomic E-state index is 0.0483. The van der Waals surface area contributed by atoms with Gasteiger partial charge in [0.1, 0.15) is 11.6 Å². The molecule has 0 amide bonds. The molecule has 0 saturated heterocycles. The summed E-state index contributed by atoms with van der Waals surface area (Å²) in [4.78, 5) is 11.1. The highest BCUT2D eigenvalue weighted by molar-refractivity contribution is 6.31. The lowest BCUT2D eigenvalue weighted by Gasteiger charge is -2.08. The molecule has 0 spiro atoms. The number of benzene rings is 1. The molecule has 1 N–H and O–H groups in total. The van der Waals surface area contributed by atoms with Crippen molar-refractivity contribution in [1.82, 2.24) is 15.0 Å². The zero-order chi connectivity index (χ0) is 13.1. The molecule has 0 aliphatic rings. The van der Waals surface area contributed by atoms with E-state index in [1.165, 1.54) is 25.3 Å². The average molecular weight is 289 g/mol. The van der Waals surface area contributed by atoms with E-state index >= 15 is 0 Å². The first-order chi connectivity index (χ1) is 8.58. The van der Waals surface area contributed by atoms with Gasteiger partial charge in [-0.2, -0.15) is 15.0 Å². The topological polar surface area (TPSA) is 59.9 Å². The van der Waals surface area contributed by atoms with E-state index in [0.29, 0.717) is 5.75 Å². The van der Waals surface area contributed by atoms with Crippen LogP contribution in [-0.4, -0.2) is 22.1 Å². The third-order valence-electron chi connectivity index (χ3n) is 2.00. The van der Waals surface area contributed by atoms with Crippen LogP contribution in [0.5, 0.6) is 5.75 Å². The Balaban J connectivity index is 2.33. The molecule has 5 nitrogen and oxygen atoms in total. The lowest BCUT2D eigenvalue weighted by molar-refractivity contribution is 0.414. The standard InChI is InChI=1S/C10H7Cl2FN4O/c1-18-5-2-3-6(13)7(4-5)14-10-16-8(11)15-9(12)17-10/h2-4H,1H3,(H,14,15,16,17). The molecule has 1 aromatic carbocycles. The van der Waals surface area contributed by atoms with Crippen molar-refractivity contribution in [3.8, 4) is 5.75 Å². The van der Waals surface area contributed by atoms with Crippen molar-refractivity contribution in [2.45, 2.75) is 0 Å². The third-order valence-corrected chi connectivity index (χ3v) is 2.34. The highest BCUT2D eigenvalue weighted by atomic mass is 35.5. The zero-order valence-electron chi connectivity index (χ0n) is 9.12. The molecule has 8 heteroatoms. The Morgan fingerprint density at radius 2 is 1.83 bits per heavy atom. The number of anilines is 2. The largest absolute Gasteiger partial charge is 0.497 e. The van der Waals surface area contributed by atoms with Gasteiger partial charge >= 0.3 is 0 Å². The predicted molar refractivity (Wildman–Crippen MR) is 66.1 cm³/mol. The molecular formula is C10H7Cl2FN4O. The van der Waals surface area contributed by atoms with Crippen LogP contribution in [-0.2, 0) is 0 Å². The van der Waals surface area contributed by atoms with E-state index in [-0.39, 0.29) is 22.2 Å². The highest BCUT2D eigenvalue weighted by Crippen LogP contribution is 2.23. The van der Waals surface area contributed by atoms with Crippen LogP contribution in [0.3, 0.4) is 0 Å². The summed E-state index contributed by atoms with van der Waals surface area (Å²) >= 11 is 11.2. The summed E-state index contributed by atoms with van der Waals surface area (Å²) in [5.74, 6) is 0.0563. The maximum absolute atomic E-state index is 13.5. The summed E-state index contributed by atoms with van der Waals surface area (Å²) in [5.41, 5.74) is 0.146. The average Bonchev–Trinajstić information content (AvgIpc) is 2.30. The third kappa shape index (κ3) is 2.96. The van der Waals surface area contributed by atoms with E-state index in [0.717, 1.165) is 0 Å². The Kier molecular flexibility index (Phi) is 3.78. The van der Waals surface area contributed by atoms with Gasteiger partial charge in [0.2, 0.25) is 16.5 Å². The van der Waals surface area contributed by atoms with Gasteiger partial charge in [0, 0.05) is 6.07 Å². The van der Waals surface area contributed by atoms with E-state index in [4.69, 9.17) is 27.9 Å². The first-order valence-electron chi connectivity index (χ1n) is 4.76. The lowest BCUT2D eigenvalue weighted by atomic mass is 10.3. The van der Waals surface area contributed by atoms with Crippen molar-refractivity contribution in [2.75, 3.05) is 12.4 Å². The van der Waals surface area contributed by atoms with E-state index in [9.17, 15) is 4.39 Å². The van der Waals surface area contributed by atoms with Gasteiger partial charge in [0.15, 0.2) is 0 Å². The van der Waals surface area contributed by atoms with Crippen molar-refractivity contribution in [1.29, 1.82) is 0 Å². The van der Waals surface area contributed by atoms with E-state index in [2.05, 4.69) is 20.3 Å². The Bertz CT molecular complexity index is 562. The van der Waals surface area contributed by atoms with Gasteiger partial charge in [-0.1, -0.05) is 0 Å². The number of ether oxygens (including phenoxy) is 1. The Morgan fingerprint density at radius 1 is 1.17 bits per heavy atom. The fraction of sp³-hybridized carbons (Fsp3) is 0.100. The van der Waals surface area contributed by atoms with Crippen molar-refractivity contribution >= 4 is 34.8 Å². The molecule has 0 saturated carbocycles. The molecule has 0 aliphatic heterocycles. The van der Waals surface area contributed by atoms with Crippen LogP contribution < -0.4 is 10.1 Å². The Labute approximate surface area is 112 Å². The Hall–Kier alpha value is -1.66. The van der Waals surface area contributed by atoms with Gasteiger partial charge in [-0.3, -0.25) is 0 Å². The molecular weight excluding hydrogens is 282 g/mol. The molecule has 94 valence electrons. The van der Waals surface area contributed by atoms with Crippen LogP contribution in [0.15, 0.2) is 18.2 Å². The minimum atomic E-state index is -0.483. The van der Waals surface area contributed by atoms with Crippen LogP contribution in [0.2, 0.25) is 10.6 Å². The smallest absolute Gasteiger partial charge is 0.232 e. The van der Waals surface area contributed by atoms with Crippen LogP contribution in [0.4, 0.5) is 16.0 Å². The first kappa shape index (κ1) is 12.8. The number of nitrogens with one attached hydrogen (secondary N) is 1. The number of halogens is 3. The summed E-state index contributed by atoms with van der Waals surface area (Å²) in [6.45, 7) is 0. The van der Waals surface area contributed by atoms with Crippen LogP contribution in [0.1, 0.15) is 0 Å². The molecule has 0 radical (unpaired) electrons. The van der Waals surface area contributed by atoms with Crippen molar-refractivity contribution in [3.63, 3.8) is 0 Å². The van der Waals surface area contributed by atoms with Crippen molar-refractivity contribution in [3.05, 3.63) is 34.6 Å². The van der Waals surface area contributed by atoms with Crippen LogP contribution >= 0.6 is 23.2 Å². The number of methoxy groups -OCH3 is 1. The normalized spacial score (nSPS) is 10.2. The maximum atomic E-state index is 13.5. The minimum Gasteiger partial charge on any atom is -0.497 e. The Morgan fingerprint density at radius 3 is 2.44 bits per heavy atom. The summed E-state index contributed by atoms with van der Waals surface area (Å²) < 4.78 is 18.5. The number of nitrogens with zero attached hydrogens (tertiary/aromatic N) is 3. The van der Waals surface area contributed by atoms with Gasteiger partial charge in [0.25, 0.3) is 0 Å².